The molecule has 0 saturated carbocycles. The Morgan fingerprint density at radius 3 is 2.38 bits per heavy atom. The summed E-state index contributed by atoms with van der Waals surface area (Å²) in [6, 6.07) is 13.6. The Balaban J connectivity index is 1.42. The molecule has 2 aromatic rings. The first kappa shape index (κ1) is 21.0. The highest BCUT2D eigenvalue weighted by Crippen LogP contribution is 2.25. The van der Waals surface area contributed by atoms with Crippen LogP contribution in [0, 0.1) is 6.92 Å². The summed E-state index contributed by atoms with van der Waals surface area (Å²) in [6.07, 6.45) is 1.09. The SMILES string of the molecule is COc1ccc(OCCCC(=O)Nc2ccc(N3CCN(C)CC3)c(C)c2)cc1. The minimum atomic E-state index is 0.00933. The molecule has 6 nitrogen and oxygen atoms in total. The Morgan fingerprint density at radius 1 is 1.03 bits per heavy atom. The van der Waals surface area contributed by atoms with E-state index in [9.17, 15) is 4.79 Å². The topological polar surface area (TPSA) is 54.0 Å². The van der Waals surface area contributed by atoms with E-state index in [-0.39, 0.29) is 5.91 Å². The molecule has 1 fully saturated rings. The van der Waals surface area contributed by atoms with Crippen LogP contribution >= 0.6 is 0 Å². The van der Waals surface area contributed by atoms with Gasteiger partial charge in [0, 0.05) is 44.0 Å². The smallest absolute Gasteiger partial charge is 0.224 e. The van der Waals surface area contributed by atoms with Gasteiger partial charge in [-0.15, -0.1) is 0 Å². The fraction of sp³-hybridized carbons (Fsp3) is 0.435. The molecule has 0 unspecified atom stereocenters. The first-order valence-corrected chi connectivity index (χ1v) is 10.2. The van der Waals surface area contributed by atoms with Crippen molar-refractivity contribution in [3.63, 3.8) is 0 Å². The molecule has 1 heterocycles. The Morgan fingerprint density at radius 2 is 1.72 bits per heavy atom. The number of hydrogen-bond acceptors (Lipinski definition) is 5. The van der Waals surface area contributed by atoms with Gasteiger partial charge in [0.1, 0.15) is 11.5 Å². The highest BCUT2D eigenvalue weighted by atomic mass is 16.5. The van der Waals surface area contributed by atoms with Gasteiger partial charge in [0.05, 0.1) is 13.7 Å². The van der Waals surface area contributed by atoms with Crippen LogP contribution in [0.1, 0.15) is 18.4 Å². The van der Waals surface area contributed by atoms with Crippen molar-refractivity contribution in [3.8, 4) is 11.5 Å². The summed E-state index contributed by atoms with van der Waals surface area (Å²) in [5.74, 6) is 1.59. The average Bonchev–Trinajstić information content (AvgIpc) is 2.73. The number of piperazine rings is 1. The van der Waals surface area contributed by atoms with Gasteiger partial charge in [0.2, 0.25) is 5.91 Å². The third kappa shape index (κ3) is 6.12. The zero-order valence-electron chi connectivity index (χ0n) is 17.6. The largest absolute Gasteiger partial charge is 0.497 e. The zero-order chi connectivity index (χ0) is 20.6. The molecule has 1 aliphatic rings. The van der Waals surface area contributed by atoms with Crippen LogP contribution in [-0.2, 0) is 4.79 Å². The van der Waals surface area contributed by atoms with E-state index in [1.807, 2.05) is 30.3 Å². The molecule has 0 aliphatic carbocycles. The van der Waals surface area contributed by atoms with E-state index in [2.05, 4.69) is 41.2 Å². The van der Waals surface area contributed by atoms with Crippen molar-refractivity contribution in [3.05, 3.63) is 48.0 Å². The van der Waals surface area contributed by atoms with Gasteiger partial charge >= 0.3 is 0 Å². The average molecular weight is 398 g/mol. The zero-order valence-corrected chi connectivity index (χ0v) is 17.6. The minimum absolute atomic E-state index is 0.00933. The fourth-order valence-electron chi connectivity index (χ4n) is 3.45. The van der Waals surface area contributed by atoms with E-state index in [0.717, 1.165) is 43.4 Å². The lowest BCUT2D eigenvalue weighted by Crippen LogP contribution is -2.44. The maximum Gasteiger partial charge on any atom is 0.224 e. The number of aryl methyl sites for hydroxylation is 1. The monoisotopic (exact) mass is 397 g/mol. The van der Waals surface area contributed by atoms with Crippen LogP contribution in [0.4, 0.5) is 11.4 Å². The number of nitrogens with one attached hydrogen (secondary N) is 1. The number of benzene rings is 2. The van der Waals surface area contributed by atoms with Crippen LogP contribution in [0.15, 0.2) is 42.5 Å². The molecule has 0 radical (unpaired) electrons. The Labute approximate surface area is 173 Å². The van der Waals surface area contributed by atoms with Crippen LogP contribution in [0.3, 0.4) is 0 Å². The molecule has 0 atom stereocenters. The van der Waals surface area contributed by atoms with Gasteiger partial charge < -0.3 is 24.6 Å². The second-order valence-electron chi connectivity index (χ2n) is 7.47. The predicted molar refractivity (Wildman–Crippen MR) is 117 cm³/mol. The molecule has 1 amide bonds. The van der Waals surface area contributed by atoms with Crippen LogP contribution in [0.25, 0.3) is 0 Å². The number of anilines is 2. The summed E-state index contributed by atoms with van der Waals surface area (Å²) in [5.41, 5.74) is 3.29. The van der Waals surface area contributed by atoms with Gasteiger partial charge in [0.25, 0.3) is 0 Å². The highest BCUT2D eigenvalue weighted by Gasteiger charge is 2.16. The highest BCUT2D eigenvalue weighted by molar-refractivity contribution is 5.91. The van der Waals surface area contributed by atoms with Crippen molar-refractivity contribution >= 4 is 17.3 Å². The van der Waals surface area contributed by atoms with Crippen molar-refractivity contribution in [2.24, 2.45) is 0 Å². The van der Waals surface area contributed by atoms with E-state index in [0.29, 0.717) is 19.4 Å². The summed E-state index contributed by atoms with van der Waals surface area (Å²) >= 11 is 0. The van der Waals surface area contributed by atoms with E-state index in [1.54, 1.807) is 7.11 Å². The molecule has 1 aliphatic heterocycles. The Kier molecular flexibility index (Phi) is 7.36. The molecule has 1 N–H and O–H groups in total. The van der Waals surface area contributed by atoms with Gasteiger partial charge in [0.15, 0.2) is 0 Å². The quantitative estimate of drug-likeness (QED) is 0.691. The summed E-state index contributed by atoms with van der Waals surface area (Å²) in [6.45, 7) is 6.84. The lowest BCUT2D eigenvalue weighted by atomic mass is 10.1. The normalized spacial score (nSPS) is 14.5. The number of ether oxygens (including phenoxy) is 2. The lowest BCUT2D eigenvalue weighted by Gasteiger charge is -2.35. The Hall–Kier alpha value is -2.73. The molecule has 0 spiro atoms. The number of carbonyl (C=O) groups excluding carboxylic acids is 1. The van der Waals surface area contributed by atoms with Crippen LogP contribution < -0.4 is 19.7 Å². The fourth-order valence-corrected chi connectivity index (χ4v) is 3.45. The lowest BCUT2D eigenvalue weighted by molar-refractivity contribution is -0.116. The predicted octanol–water partition coefficient (Wildman–Crippen LogP) is 3.55. The molecule has 0 aromatic heterocycles. The molecular formula is C23H31N3O3. The molecule has 1 saturated heterocycles. The van der Waals surface area contributed by atoms with Gasteiger partial charge in [-0.25, -0.2) is 0 Å². The van der Waals surface area contributed by atoms with Crippen molar-refractivity contribution in [1.29, 1.82) is 0 Å². The molecule has 29 heavy (non-hydrogen) atoms. The number of hydrogen-bond donors (Lipinski definition) is 1. The minimum Gasteiger partial charge on any atom is -0.497 e. The first-order valence-electron chi connectivity index (χ1n) is 10.2. The molecule has 3 rings (SSSR count). The van der Waals surface area contributed by atoms with E-state index >= 15 is 0 Å². The van der Waals surface area contributed by atoms with Crippen molar-refractivity contribution in [1.82, 2.24) is 4.90 Å². The number of rotatable bonds is 8. The number of methoxy groups -OCH3 is 1. The Bertz CT molecular complexity index is 800. The summed E-state index contributed by atoms with van der Waals surface area (Å²) in [5, 5.41) is 3.00. The van der Waals surface area contributed by atoms with Crippen molar-refractivity contribution in [2.75, 3.05) is 57.2 Å². The molecule has 6 heteroatoms. The summed E-state index contributed by atoms with van der Waals surface area (Å²) in [7, 11) is 3.79. The second-order valence-corrected chi connectivity index (χ2v) is 7.47. The first-order chi connectivity index (χ1) is 14.0. The van der Waals surface area contributed by atoms with E-state index < -0.39 is 0 Å². The van der Waals surface area contributed by atoms with Gasteiger partial charge in [-0.3, -0.25) is 4.79 Å². The third-order valence-corrected chi connectivity index (χ3v) is 5.20. The van der Waals surface area contributed by atoms with E-state index in [4.69, 9.17) is 9.47 Å². The van der Waals surface area contributed by atoms with Crippen LogP contribution in [-0.4, -0.2) is 57.8 Å². The van der Waals surface area contributed by atoms with E-state index in [1.165, 1.54) is 11.3 Å². The standard InChI is InChI=1S/C23H31N3O3/c1-18-17-19(6-11-22(18)26-14-12-25(2)13-15-26)24-23(27)5-4-16-29-21-9-7-20(28-3)8-10-21/h6-11,17H,4-5,12-16H2,1-3H3,(H,24,27). The molecule has 0 bridgehead atoms. The maximum atomic E-state index is 12.2. The molecular weight excluding hydrogens is 366 g/mol. The number of likely N-dealkylation sites (N-methyl/N-ethyl adjacent to an activating group) is 1. The van der Waals surface area contributed by atoms with Gasteiger partial charge in [-0.1, -0.05) is 0 Å². The van der Waals surface area contributed by atoms with Gasteiger partial charge in [-0.2, -0.15) is 0 Å². The van der Waals surface area contributed by atoms with Crippen LogP contribution in [0.2, 0.25) is 0 Å². The van der Waals surface area contributed by atoms with Gasteiger partial charge in [-0.05, 0) is 68.4 Å². The summed E-state index contributed by atoms with van der Waals surface area (Å²) < 4.78 is 10.8. The molecule has 156 valence electrons. The second kappa shape index (κ2) is 10.2. The number of nitrogens with zero attached hydrogens (tertiary/aromatic N) is 2. The third-order valence-electron chi connectivity index (χ3n) is 5.20. The maximum absolute atomic E-state index is 12.2. The number of amides is 1. The van der Waals surface area contributed by atoms with Crippen molar-refractivity contribution in [2.45, 2.75) is 19.8 Å². The number of carbonyl (C=O) groups is 1. The molecule has 2 aromatic carbocycles. The summed E-state index contributed by atoms with van der Waals surface area (Å²) in [4.78, 5) is 17.0. The van der Waals surface area contributed by atoms with Crippen molar-refractivity contribution < 1.29 is 14.3 Å². The van der Waals surface area contributed by atoms with Crippen LogP contribution in [0.5, 0.6) is 11.5 Å².